The van der Waals surface area contributed by atoms with Gasteiger partial charge in [0, 0.05) is 47.9 Å². The van der Waals surface area contributed by atoms with Gasteiger partial charge >= 0.3 is 0 Å². The zero-order chi connectivity index (χ0) is 29.9. The highest BCUT2D eigenvalue weighted by atomic mass is 32.2. The van der Waals surface area contributed by atoms with Crippen LogP contribution in [-0.4, -0.2) is 62.8 Å². The van der Waals surface area contributed by atoms with Crippen molar-refractivity contribution in [1.82, 2.24) is 19.7 Å². The number of hydrogen-bond acceptors (Lipinski definition) is 9. The van der Waals surface area contributed by atoms with Gasteiger partial charge in [-0.2, -0.15) is 0 Å². The van der Waals surface area contributed by atoms with Crippen LogP contribution in [0.3, 0.4) is 0 Å². The molecule has 2 aromatic heterocycles. The van der Waals surface area contributed by atoms with E-state index < -0.39 is 22.9 Å². The Morgan fingerprint density at radius 3 is 2.65 bits per heavy atom. The lowest BCUT2D eigenvalue weighted by atomic mass is 9.97. The lowest BCUT2D eigenvalue weighted by molar-refractivity contribution is 0.122. The Hall–Kier alpha value is -3.94. The minimum Gasteiger partial charge on any atom is -0.491 e. The summed E-state index contributed by atoms with van der Waals surface area (Å²) < 4.78 is 66.7. The number of thiol groups is 1. The molecule has 0 radical (unpaired) electrons. The Morgan fingerprint density at radius 2 is 1.93 bits per heavy atom. The van der Waals surface area contributed by atoms with Crippen molar-refractivity contribution in [1.29, 1.82) is 0 Å². The van der Waals surface area contributed by atoms with E-state index in [1.165, 1.54) is 6.07 Å². The second-order valence-electron chi connectivity index (χ2n) is 10.7. The average molecular weight is 611 g/mol. The Labute approximate surface area is 249 Å². The molecule has 2 fully saturated rings. The molecule has 226 valence electrons. The van der Waals surface area contributed by atoms with Crippen LogP contribution in [0.4, 0.5) is 20.4 Å². The van der Waals surface area contributed by atoms with Gasteiger partial charge in [0.25, 0.3) is 0 Å². The average Bonchev–Trinajstić information content (AvgIpc) is 3.85. The van der Waals surface area contributed by atoms with E-state index in [1.54, 1.807) is 30.5 Å². The molecule has 2 aliphatic rings. The molecule has 1 aliphatic heterocycles. The number of pyridine rings is 1. The summed E-state index contributed by atoms with van der Waals surface area (Å²) in [5.74, 6) is 1.69. The summed E-state index contributed by atoms with van der Waals surface area (Å²) in [6.45, 7) is 2.62. The van der Waals surface area contributed by atoms with Crippen LogP contribution in [0.2, 0.25) is 0 Å². The molecular formula is C30H32F2N6O4S. The maximum absolute atomic E-state index is 15.9. The lowest BCUT2D eigenvalue weighted by Gasteiger charge is -2.29. The van der Waals surface area contributed by atoms with E-state index in [-0.39, 0.29) is 24.1 Å². The smallest absolute Gasteiger partial charge is 0.201 e. The van der Waals surface area contributed by atoms with Crippen LogP contribution in [0, 0.1) is 11.7 Å². The molecule has 1 unspecified atom stereocenters. The van der Waals surface area contributed by atoms with Gasteiger partial charge < -0.3 is 20.1 Å². The molecule has 6 rings (SSSR count). The number of halogens is 2. The first-order valence-electron chi connectivity index (χ1n) is 14.2. The van der Waals surface area contributed by atoms with Gasteiger partial charge in [-0.1, -0.05) is 18.2 Å². The van der Waals surface area contributed by atoms with Crippen LogP contribution >= 0.6 is 0 Å². The summed E-state index contributed by atoms with van der Waals surface area (Å²) in [6, 6.07) is 11.6. The summed E-state index contributed by atoms with van der Waals surface area (Å²) in [7, 11) is -2.86. The first-order chi connectivity index (χ1) is 20.9. The van der Waals surface area contributed by atoms with Gasteiger partial charge in [0.05, 0.1) is 19.8 Å². The molecule has 1 saturated heterocycles. The van der Waals surface area contributed by atoms with Crippen LogP contribution in [0.25, 0.3) is 33.4 Å². The number of benzene rings is 2. The third-order valence-electron chi connectivity index (χ3n) is 7.59. The summed E-state index contributed by atoms with van der Waals surface area (Å²) in [5.41, 5.74) is 7.62. The first kappa shape index (κ1) is 29.1. The second-order valence-corrected chi connectivity index (χ2v) is 11.5. The normalized spacial score (nSPS) is 16.1. The molecule has 3 N–H and O–H groups in total. The molecule has 1 saturated carbocycles. The van der Waals surface area contributed by atoms with Gasteiger partial charge in [-0.15, -0.1) is 0 Å². The van der Waals surface area contributed by atoms with E-state index in [0.29, 0.717) is 84.1 Å². The standard InChI is InChI=1S/C30H32F2N6O4S/c31-24(8-9-35-43(39)40)22-3-1-2-21(27(22)32)20-14-23-28(25(15-20)42-17-18-4-5-18)36-29(19-6-7-26(33)34-16-19)37-30(23)38-10-12-41-13-11-38/h1-3,6-7,14-16,18,24,43H,4-5,8-13,17H2,(H2,33,34)(H,35,39,40). The molecule has 0 spiro atoms. The molecule has 4 aromatic rings. The van der Waals surface area contributed by atoms with Crippen molar-refractivity contribution in [2.75, 3.05) is 50.1 Å². The highest BCUT2D eigenvalue weighted by molar-refractivity contribution is 7.70. The van der Waals surface area contributed by atoms with E-state index in [9.17, 15) is 8.42 Å². The summed E-state index contributed by atoms with van der Waals surface area (Å²) in [5, 5.41) is 0.669. The van der Waals surface area contributed by atoms with Gasteiger partial charge in [-0.25, -0.2) is 36.9 Å². The maximum Gasteiger partial charge on any atom is 0.201 e. The third-order valence-corrected chi connectivity index (χ3v) is 8.07. The Morgan fingerprint density at radius 1 is 1.12 bits per heavy atom. The molecule has 0 bridgehead atoms. The Bertz CT molecular complexity index is 1690. The molecule has 0 amide bonds. The van der Waals surface area contributed by atoms with Gasteiger partial charge in [0.2, 0.25) is 10.9 Å². The van der Waals surface area contributed by atoms with Crippen molar-refractivity contribution in [3.05, 3.63) is 60.0 Å². The SMILES string of the molecule is Nc1ccc(-c2nc(N3CCOCC3)c3cc(-c4cccc(C(F)CCN[SH](=O)=O)c4F)cc(OCC4CC4)c3n2)cn1. The number of rotatable bonds is 11. The second kappa shape index (κ2) is 12.7. The number of nitrogens with one attached hydrogen (secondary N) is 1. The Kier molecular flexibility index (Phi) is 8.63. The molecule has 2 aromatic carbocycles. The fourth-order valence-electron chi connectivity index (χ4n) is 5.08. The first-order valence-corrected chi connectivity index (χ1v) is 15.4. The number of nitrogens with two attached hydrogens (primary N) is 1. The van der Waals surface area contributed by atoms with E-state index in [4.69, 9.17) is 25.2 Å². The molecule has 13 heteroatoms. The third kappa shape index (κ3) is 6.68. The minimum absolute atomic E-state index is 0.134. The van der Waals surface area contributed by atoms with Crippen molar-refractivity contribution in [2.24, 2.45) is 5.92 Å². The minimum atomic E-state index is -2.86. The predicted molar refractivity (Wildman–Crippen MR) is 161 cm³/mol. The molecule has 10 nitrogen and oxygen atoms in total. The number of anilines is 2. The number of ether oxygens (including phenoxy) is 2. The number of nitrogen functional groups attached to an aromatic ring is 1. The number of alkyl halides is 1. The van der Waals surface area contributed by atoms with Gasteiger partial charge in [-0.05, 0) is 55.0 Å². The quantitative estimate of drug-likeness (QED) is 0.214. The summed E-state index contributed by atoms with van der Waals surface area (Å²) >= 11 is 0. The van der Waals surface area contributed by atoms with Crippen LogP contribution in [0.15, 0.2) is 48.7 Å². The van der Waals surface area contributed by atoms with Crippen LogP contribution in [0.5, 0.6) is 5.75 Å². The monoisotopic (exact) mass is 610 g/mol. The van der Waals surface area contributed by atoms with Crippen LogP contribution in [0.1, 0.15) is 31.0 Å². The highest BCUT2D eigenvalue weighted by Gasteiger charge is 2.26. The van der Waals surface area contributed by atoms with Gasteiger partial charge in [0.15, 0.2) is 5.82 Å². The van der Waals surface area contributed by atoms with E-state index in [2.05, 4.69) is 14.6 Å². The number of nitrogens with zero attached hydrogens (tertiary/aromatic N) is 4. The van der Waals surface area contributed by atoms with Crippen molar-refractivity contribution in [2.45, 2.75) is 25.4 Å². The van der Waals surface area contributed by atoms with E-state index >= 15 is 8.78 Å². The molecule has 43 heavy (non-hydrogen) atoms. The number of morpholine rings is 1. The highest BCUT2D eigenvalue weighted by Crippen LogP contribution is 2.40. The molecular weight excluding hydrogens is 578 g/mol. The Balaban J connectivity index is 1.49. The number of hydrogen-bond donors (Lipinski definition) is 3. The number of aromatic nitrogens is 3. The lowest BCUT2D eigenvalue weighted by Crippen LogP contribution is -2.37. The van der Waals surface area contributed by atoms with E-state index in [0.717, 1.165) is 12.8 Å². The number of fused-ring (bicyclic) bond motifs is 1. The van der Waals surface area contributed by atoms with Crippen molar-refractivity contribution in [3.63, 3.8) is 0 Å². The van der Waals surface area contributed by atoms with Crippen molar-refractivity contribution >= 4 is 33.4 Å². The van der Waals surface area contributed by atoms with E-state index in [1.807, 2.05) is 12.1 Å². The van der Waals surface area contributed by atoms with Crippen LogP contribution in [-0.2, 0) is 15.6 Å². The largest absolute Gasteiger partial charge is 0.491 e. The molecule has 1 aliphatic carbocycles. The predicted octanol–water partition coefficient (Wildman–Crippen LogP) is 4.22. The summed E-state index contributed by atoms with van der Waals surface area (Å²) in [6.07, 6.45) is 1.89. The molecule has 1 atom stereocenters. The van der Waals surface area contributed by atoms with Crippen LogP contribution < -0.4 is 20.1 Å². The fraction of sp³-hybridized carbons (Fsp3) is 0.367. The van der Waals surface area contributed by atoms with Crippen molar-refractivity contribution in [3.8, 4) is 28.3 Å². The summed E-state index contributed by atoms with van der Waals surface area (Å²) in [4.78, 5) is 16.1. The van der Waals surface area contributed by atoms with Gasteiger partial charge in [0.1, 0.15) is 34.9 Å². The zero-order valence-corrected chi connectivity index (χ0v) is 24.2. The fourth-order valence-corrected chi connectivity index (χ4v) is 5.39. The topological polar surface area (TPSA) is 133 Å². The van der Waals surface area contributed by atoms with Crippen molar-refractivity contribution < 1.29 is 26.7 Å². The maximum atomic E-state index is 15.9. The van der Waals surface area contributed by atoms with Gasteiger partial charge in [-0.3, -0.25) is 0 Å². The molecule has 3 heterocycles. The zero-order valence-electron chi connectivity index (χ0n) is 23.3.